The van der Waals surface area contributed by atoms with Gasteiger partial charge in [-0.25, -0.2) is 9.59 Å². The molecule has 172 valence electrons. The quantitative estimate of drug-likeness (QED) is 0.147. The Balaban J connectivity index is 1.58. The van der Waals surface area contributed by atoms with E-state index < -0.39 is 12.3 Å². The standard InChI is InChI=1S/C28H17ClO6/c29-23-17-9-16-22-24(23)26(35-28(31)33-19-12-5-2-6-13-19)21-15-8-7-14-20(21)25(22)34-27(30)32-18-10-3-1-4-11-18/h1-17H. The zero-order valence-corrected chi connectivity index (χ0v) is 18.9. The summed E-state index contributed by atoms with van der Waals surface area (Å²) in [6, 6.07) is 29.3. The summed E-state index contributed by atoms with van der Waals surface area (Å²) < 4.78 is 21.9. The highest BCUT2D eigenvalue weighted by Crippen LogP contribution is 2.45. The summed E-state index contributed by atoms with van der Waals surface area (Å²) in [6.45, 7) is 0. The van der Waals surface area contributed by atoms with Crippen molar-refractivity contribution in [3.63, 3.8) is 0 Å². The van der Waals surface area contributed by atoms with E-state index in [-0.39, 0.29) is 11.5 Å². The fraction of sp³-hybridized carbons (Fsp3) is 0. The van der Waals surface area contributed by atoms with Crippen LogP contribution in [0.1, 0.15) is 0 Å². The second-order valence-electron chi connectivity index (χ2n) is 7.40. The predicted octanol–water partition coefficient (Wildman–Crippen LogP) is 7.80. The molecule has 0 radical (unpaired) electrons. The number of benzene rings is 5. The molecule has 0 amide bonds. The molecule has 6 nitrogen and oxygen atoms in total. The molecule has 0 aliphatic carbocycles. The Bertz CT molecular complexity index is 1530. The van der Waals surface area contributed by atoms with Crippen molar-refractivity contribution in [3.05, 3.63) is 108 Å². The molecule has 0 heterocycles. The smallest absolute Gasteiger partial charge is 0.395 e. The average molecular weight is 485 g/mol. The molecule has 0 saturated carbocycles. The van der Waals surface area contributed by atoms with Crippen LogP contribution in [0.4, 0.5) is 9.59 Å². The van der Waals surface area contributed by atoms with Crippen LogP contribution in [0.25, 0.3) is 21.5 Å². The Kier molecular flexibility index (Phi) is 6.20. The molecule has 0 saturated heterocycles. The molecule has 0 spiro atoms. The number of para-hydroxylation sites is 2. The zero-order chi connectivity index (χ0) is 24.2. The van der Waals surface area contributed by atoms with Gasteiger partial charge >= 0.3 is 12.3 Å². The van der Waals surface area contributed by atoms with E-state index in [2.05, 4.69) is 0 Å². The van der Waals surface area contributed by atoms with Crippen molar-refractivity contribution in [2.45, 2.75) is 0 Å². The number of hydrogen-bond acceptors (Lipinski definition) is 6. The average Bonchev–Trinajstić information content (AvgIpc) is 2.87. The first-order valence-electron chi connectivity index (χ1n) is 10.6. The molecular weight excluding hydrogens is 468 g/mol. The molecule has 0 N–H and O–H groups in total. The van der Waals surface area contributed by atoms with Gasteiger partial charge in [-0.15, -0.1) is 0 Å². The topological polar surface area (TPSA) is 71.1 Å². The van der Waals surface area contributed by atoms with E-state index in [0.29, 0.717) is 38.1 Å². The predicted molar refractivity (Wildman–Crippen MR) is 133 cm³/mol. The third kappa shape index (κ3) is 4.74. The number of carbonyl (C=O) groups excluding carboxylic acids is 2. The van der Waals surface area contributed by atoms with Crippen LogP contribution in [0.5, 0.6) is 23.0 Å². The third-order valence-corrected chi connectivity index (χ3v) is 5.48. The minimum atomic E-state index is -0.931. The molecule has 7 heteroatoms. The highest BCUT2D eigenvalue weighted by molar-refractivity contribution is 6.37. The van der Waals surface area contributed by atoms with Crippen molar-refractivity contribution >= 4 is 45.5 Å². The maximum Gasteiger partial charge on any atom is 0.519 e. The van der Waals surface area contributed by atoms with E-state index in [4.69, 9.17) is 30.5 Å². The summed E-state index contributed by atoms with van der Waals surface area (Å²) in [7, 11) is 0. The van der Waals surface area contributed by atoms with Gasteiger partial charge in [0.2, 0.25) is 0 Å². The maximum absolute atomic E-state index is 12.7. The molecule has 5 rings (SSSR count). The number of ether oxygens (including phenoxy) is 4. The van der Waals surface area contributed by atoms with E-state index >= 15 is 0 Å². The normalized spacial score (nSPS) is 10.7. The van der Waals surface area contributed by atoms with Gasteiger partial charge in [0.05, 0.1) is 5.02 Å². The van der Waals surface area contributed by atoms with Gasteiger partial charge in [-0.2, -0.15) is 0 Å². The number of rotatable bonds is 4. The Morgan fingerprint density at radius 1 is 0.486 bits per heavy atom. The summed E-state index contributed by atoms with van der Waals surface area (Å²) >= 11 is 6.54. The highest BCUT2D eigenvalue weighted by Gasteiger charge is 2.23. The summed E-state index contributed by atoms with van der Waals surface area (Å²) in [4.78, 5) is 25.3. The lowest BCUT2D eigenvalue weighted by molar-refractivity contribution is 0.151. The van der Waals surface area contributed by atoms with Crippen LogP contribution in [0, 0.1) is 0 Å². The minimum Gasteiger partial charge on any atom is -0.395 e. The van der Waals surface area contributed by atoms with Crippen molar-refractivity contribution in [2.75, 3.05) is 0 Å². The number of hydrogen-bond donors (Lipinski definition) is 0. The van der Waals surface area contributed by atoms with Gasteiger partial charge in [0, 0.05) is 21.5 Å². The van der Waals surface area contributed by atoms with Crippen molar-refractivity contribution in [1.82, 2.24) is 0 Å². The summed E-state index contributed by atoms with van der Waals surface area (Å²) in [6.07, 6.45) is -1.85. The number of fused-ring (bicyclic) bond motifs is 2. The van der Waals surface area contributed by atoms with Crippen LogP contribution in [0.15, 0.2) is 103 Å². The molecule has 0 aliphatic rings. The Morgan fingerprint density at radius 2 is 0.943 bits per heavy atom. The lowest BCUT2D eigenvalue weighted by Gasteiger charge is -2.17. The van der Waals surface area contributed by atoms with Gasteiger partial charge < -0.3 is 18.9 Å². The molecule has 5 aromatic carbocycles. The van der Waals surface area contributed by atoms with E-state index in [0.717, 1.165) is 0 Å². The second-order valence-corrected chi connectivity index (χ2v) is 7.81. The third-order valence-electron chi connectivity index (χ3n) is 5.16. The minimum absolute atomic E-state index is 0.186. The lowest BCUT2D eigenvalue weighted by Crippen LogP contribution is -2.16. The van der Waals surface area contributed by atoms with Crippen molar-refractivity contribution in [3.8, 4) is 23.0 Å². The van der Waals surface area contributed by atoms with Crippen LogP contribution >= 0.6 is 11.6 Å². The van der Waals surface area contributed by atoms with Crippen LogP contribution in [-0.4, -0.2) is 12.3 Å². The first-order valence-corrected chi connectivity index (χ1v) is 11.0. The van der Waals surface area contributed by atoms with Crippen molar-refractivity contribution < 1.29 is 28.5 Å². The molecule has 0 aromatic heterocycles. The van der Waals surface area contributed by atoms with E-state index in [1.54, 1.807) is 97.1 Å². The van der Waals surface area contributed by atoms with Gasteiger partial charge in [0.15, 0.2) is 11.5 Å². The number of carbonyl (C=O) groups is 2. The monoisotopic (exact) mass is 484 g/mol. The van der Waals surface area contributed by atoms with E-state index in [9.17, 15) is 9.59 Å². The molecule has 0 atom stereocenters. The molecule has 5 aromatic rings. The molecule has 35 heavy (non-hydrogen) atoms. The molecule has 0 bridgehead atoms. The van der Waals surface area contributed by atoms with Crippen LogP contribution < -0.4 is 18.9 Å². The van der Waals surface area contributed by atoms with Gasteiger partial charge in [-0.05, 0) is 30.3 Å². The Morgan fingerprint density at radius 3 is 1.51 bits per heavy atom. The summed E-state index contributed by atoms with van der Waals surface area (Å²) in [5, 5.41) is 2.18. The van der Waals surface area contributed by atoms with Crippen LogP contribution in [0.2, 0.25) is 5.02 Å². The molecular formula is C28H17ClO6. The van der Waals surface area contributed by atoms with Gasteiger partial charge in [0.1, 0.15) is 11.5 Å². The Labute approximate surface area is 205 Å². The highest BCUT2D eigenvalue weighted by atomic mass is 35.5. The van der Waals surface area contributed by atoms with Crippen LogP contribution in [-0.2, 0) is 0 Å². The first-order chi connectivity index (χ1) is 17.1. The van der Waals surface area contributed by atoms with Gasteiger partial charge in [0.25, 0.3) is 0 Å². The lowest BCUT2D eigenvalue weighted by atomic mass is 10.0. The van der Waals surface area contributed by atoms with Crippen LogP contribution in [0.3, 0.4) is 0 Å². The maximum atomic E-state index is 12.7. The molecule has 0 unspecified atom stereocenters. The zero-order valence-electron chi connectivity index (χ0n) is 18.1. The summed E-state index contributed by atoms with van der Waals surface area (Å²) in [5.74, 6) is 1.09. The van der Waals surface area contributed by atoms with Gasteiger partial charge in [-0.3, -0.25) is 0 Å². The van der Waals surface area contributed by atoms with Crippen molar-refractivity contribution in [2.24, 2.45) is 0 Å². The Hall–Kier alpha value is -4.55. The summed E-state index contributed by atoms with van der Waals surface area (Å²) in [5.41, 5.74) is 0. The second kappa shape index (κ2) is 9.75. The fourth-order valence-electron chi connectivity index (χ4n) is 3.70. The fourth-order valence-corrected chi connectivity index (χ4v) is 3.96. The number of halogens is 1. The molecule has 0 fully saturated rings. The first kappa shape index (κ1) is 22.3. The van der Waals surface area contributed by atoms with Crippen molar-refractivity contribution in [1.29, 1.82) is 0 Å². The van der Waals surface area contributed by atoms with E-state index in [1.165, 1.54) is 0 Å². The SMILES string of the molecule is O=C(Oc1ccccc1)Oc1c2ccccc2c(OC(=O)Oc2ccccc2)c2c(Cl)cccc12. The largest absolute Gasteiger partial charge is 0.519 e. The van der Waals surface area contributed by atoms with E-state index in [1.807, 2.05) is 6.07 Å². The molecule has 0 aliphatic heterocycles. The van der Waals surface area contributed by atoms with Gasteiger partial charge in [-0.1, -0.05) is 84.4 Å².